The highest BCUT2D eigenvalue weighted by Crippen LogP contribution is 2.15. The lowest BCUT2D eigenvalue weighted by atomic mass is 10.00. The maximum atomic E-state index is 12.3. The molecule has 2 heterocycles. The summed E-state index contributed by atoms with van der Waals surface area (Å²) in [5, 5.41) is 3.30. The zero-order chi connectivity index (χ0) is 17.5. The van der Waals surface area contributed by atoms with Crippen LogP contribution in [-0.2, 0) is 18.4 Å². The number of rotatable bonds is 5. The first-order chi connectivity index (χ1) is 11.5. The zero-order valence-corrected chi connectivity index (χ0v) is 18.2. The van der Waals surface area contributed by atoms with E-state index < -0.39 is 0 Å². The predicted octanol–water partition coefficient (Wildman–Crippen LogP) is 2.30. The number of carbonyl (C=O) groups is 1. The second kappa shape index (κ2) is 10.7. The molecule has 0 bridgehead atoms. The summed E-state index contributed by atoms with van der Waals surface area (Å²) in [7, 11) is 5.83. The van der Waals surface area contributed by atoms with Crippen LogP contribution in [0.4, 0.5) is 0 Å². The molecule has 1 aromatic heterocycles. The highest BCUT2D eigenvalue weighted by molar-refractivity contribution is 14.0. The molecule has 1 aliphatic rings. The topological polar surface area (TPSA) is 52.9 Å². The van der Waals surface area contributed by atoms with Gasteiger partial charge in [0.25, 0.3) is 0 Å². The number of likely N-dealkylation sites (tertiary alicyclic amines) is 1. The number of hydrogen-bond donors (Lipinski definition) is 1. The summed E-state index contributed by atoms with van der Waals surface area (Å²) in [6, 6.07) is 4.14. The number of aliphatic imine (C=N–C) groups is 1. The summed E-state index contributed by atoms with van der Waals surface area (Å²) < 4.78 is 2.10. The van der Waals surface area contributed by atoms with Crippen LogP contribution < -0.4 is 5.32 Å². The molecule has 0 aromatic carbocycles. The van der Waals surface area contributed by atoms with Gasteiger partial charge in [0, 0.05) is 59.1 Å². The second-order valence-electron chi connectivity index (χ2n) is 6.78. The fraction of sp³-hybridized carbons (Fsp3) is 0.667. The number of halogens is 1. The van der Waals surface area contributed by atoms with E-state index in [4.69, 9.17) is 0 Å². The Morgan fingerprint density at radius 1 is 1.48 bits per heavy atom. The molecule has 1 saturated heterocycles. The molecular formula is C18H32IN5O. The van der Waals surface area contributed by atoms with Gasteiger partial charge in [-0.1, -0.05) is 6.92 Å². The van der Waals surface area contributed by atoms with Crippen LogP contribution in [0.25, 0.3) is 0 Å². The van der Waals surface area contributed by atoms with Crippen molar-refractivity contribution < 1.29 is 4.79 Å². The maximum absolute atomic E-state index is 12.3. The van der Waals surface area contributed by atoms with Crippen molar-refractivity contribution in [3.63, 3.8) is 0 Å². The van der Waals surface area contributed by atoms with Gasteiger partial charge in [0.2, 0.25) is 5.91 Å². The smallest absolute Gasteiger partial charge is 0.224 e. The summed E-state index contributed by atoms with van der Waals surface area (Å²) in [4.78, 5) is 20.7. The molecule has 0 saturated carbocycles. The Bertz CT molecular complexity index is 572. The molecule has 1 aliphatic heterocycles. The predicted molar refractivity (Wildman–Crippen MR) is 113 cm³/mol. The third-order valence-corrected chi connectivity index (χ3v) is 4.66. The van der Waals surface area contributed by atoms with Gasteiger partial charge in [-0.2, -0.15) is 0 Å². The normalized spacial score (nSPS) is 17.8. The standard InChI is InChI=1S/C18H31N5O.HI/c1-15-7-5-12-23(13-15)17(24)9-10-20-18(19-2)22(4)14-16-8-6-11-21(16)3;/h6,8,11,15H,5,7,9-10,12-14H2,1-4H3,(H,19,20);1H. The quantitative estimate of drug-likeness (QED) is 0.416. The van der Waals surface area contributed by atoms with Gasteiger partial charge in [0.15, 0.2) is 5.96 Å². The van der Waals surface area contributed by atoms with Gasteiger partial charge < -0.3 is 19.7 Å². The number of aromatic nitrogens is 1. The van der Waals surface area contributed by atoms with Gasteiger partial charge in [-0.15, -0.1) is 24.0 Å². The molecule has 1 N–H and O–H groups in total. The molecule has 1 unspecified atom stereocenters. The van der Waals surface area contributed by atoms with Gasteiger partial charge in [-0.05, 0) is 30.9 Å². The maximum Gasteiger partial charge on any atom is 0.224 e. The van der Waals surface area contributed by atoms with Crippen LogP contribution in [0.15, 0.2) is 23.3 Å². The molecule has 1 atom stereocenters. The van der Waals surface area contributed by atoms with Gasteiger partial charge in [0.1, 0.15) is 0 Å². The molecule has 1 amide bonds. The molecule has 1 fully saturated rings. The molecule has 0 aliphatic carbocycles. The molecular weight excluding hydrogens is 429 g/mol. The molecule has 0 radical (unpaired) electrons. The number of amides is 1. The van der Waals surface area contributed by atoms with Gasteiger partial charge in [-0.25, -0.2) is 0 Å². The number of guanidine groups is 1. The highest BCUT2D eigenvalue weighted by atomic mass is 127. The third-order valence-electron chi connectivity index (χ3n) is 4.66. The Labute approximate surface area is 168 Å². The number of aryl methyl sites for hydroxylation is 1. The number of piperidine rings is 1. The van der Waals surface area contributed by atoms with Crippen LogP contribution in [0.1, 0.15) is 31.9 Å². The fourth-order valence-electron chi connectivity index (χ4n) is 3.22. The lowest BCUT2D eigenvalue weighted by Crippen LogP contribution is -2.43. The van der Waals surface area contributed by atoms with E-state index in [9.17, 15) is 4.79 Å². The van der Waals surface area contributed by atoms with E-state index in [0.717, 1.165) is 32.0 Å². The van der Waals surface area contributed by atoms with Crippen molar-refractivity contribution in [2.24, 2.45) is 18.0 Å². The zero-order valence-electron chi connectivity index (χ0n) is 15.9. The molecule has 2 rings (SSSR count). The number of nitrogens with one attached hydrogen (secondary N) is 1. The minimum Gasteiger partial charge on any atom is -0.356 e. The average molecular weight is 461 g/mol. The average Bonchev–Trinajstić information content (AvgIpc) is 2.96. The van der Waals surface area contributed by atoms with Crippen molar-refractivity contribution >= 4 is 35.8 Å². The van der Waals surface area contributed by atoms with Crippen molar-refractivity contribution in [2.45, 2.75) is 32.7 Å². The van der Waals surface area contributed by atoms with Crippen molar-refractivity contribution in [1.29, 1.82) is 0 Å². The van der Waals surface area contributed by atoms with Crippen molar-refractivity contribution in [3.8, 4) is 0 Å². The Morgan fingerprint density at radius 3 is 2.84 bits per heavy atom. The number of carbonyl (C=O) groups excluding carboxylic acids is 1. The fourth-order valence-corrected chi connectivity index (χ4v) is 3.22. The molecule has 0 spiro atoms. The van der Waals surface area contributed by atoms with Crippen molar-refractivity contribution in [1.82, 2.24) is 19.7 Å². The van der Waals surface area contributed by atoms with E-state index in [2.05, 4.69) is 32.8 Å². The summed E-state index contributed by atoms with van der Waals surface area (Å²) in [5.41, 5.74) is 1.22. The van der Waals surface area contributed by atoms with E-state index in [1.807, 2.05) is 31.3 Å². The minimum atomic E-state index is 0. The van der Waals surface area contributed by atoms with E-state index in [1.165, 1.54) is 12.1 Å². The minimum absolute atomic E-state index is 0. The monoisotopic (exact) mass is 461 g/mol. The van der Waals surface area contributed by atoms with Crippen LogP contribution in [-0.4, -0.2) is 60.0 Å². The first-order valence-electron chi connectivity index (χ1n) is 8.81. The van der Waals surface area contributed by atoms with E-state index in [0.29, 0.717) is 18.9 Å². The van der Waals surface area contributed by atoms with E-state index >= 15 is 0 Å². The lowest BCUT2D eigenvalue weighted by molar-refractivity contribution is -0.132. The van der Waals surface area contributed by atoms with Crippen LogP contribution in [0.5, 0.6) is 0 Å². The molecule has 1 aromatic rings. The number of hydrogen-bond acceptors (Lipinski definition) is 2. The van der Waals surface area contributed by atoms with Crippen LogP contribution in [0.3, 0.4) is 0 Å². The third kappa shape index (κ3) is 6.52. The molecule has 7 heteroatoms. The second-order valence-corrected chi connectivity index (χ2v) is 6.78. The Morgan fingerprint density at radius 2 is 2.24 bits per heavy atom. The van der Waals surface area contributed by atoms with Crippen molar-refractivity contribution in [2.75, 3.05) is 33.7 Å². The van der Waals surface area contributed by atoms with Crippen molar-refractivity contribution in [3.05, 3.63) is 24.0 Å². The molecule has 6 nitrogen and oxygen atoms in total. The first-order valence-corrected chi connectivity index (χ1v) is 8.81. The summed E-state index contributed by atoms with van der Waals surface area (Å²) in [6.07, 6.45) is 4.92. The van der Waals surface area contributed by atoms with Crippen LogP contribution >= 0.6 is 24.0 Å². The Hall–Kier alpha value is -1.25. The summed E-state index contributed by atoms with van der Waals surface area (Å²) in [5.74, 6) is 1.69. The van der Waals surface area contributed by atoms with Gasteiger partial charge in [0.05, 0.1) is 6.54 Å². The summed E-state index contributed by atoms with van der Waals surface area (Å²) >= 11 is 0. The molecule has 142 valence electrons. The largest absolute Gasteiger partial charge is 0.356 e. The number of nitrogens with zero attached hydrogens (tertiary/aromatic N) is 4. The van der Waals surface area contributed by atoms with Crippen LogP contribution in [0, 0.1) is 5.92 Å². The first kappa shape index (κ1) is 21.8. The van der Waals surface area contributed by atoms with E-state index in [-0.39, 0.29) is 29.9 Å². The highest BCUT2D eigenvalue weighted by Gasteiger charge is 2.20. The molecule has 25 heavy (non-hydrogen) atoms. The van der Waals surface area contributed by atoms with Crippen LogP contribution in [0.2, 0.25) is 0 Å². The van der Waals surface area contributed by atoms with Gasteiger partial charge in [-0.3, -0.25) is 9.79 Å². The Balaban J connectivity index is 0.00000312. The lowest BCUT2D eigenvalue weighted by Gasteiger charge is -2.31. The van der Waals surface area contributed by atoms with Gasteiger partial charge >= 0.3 is 0 Å². The summed E-state index contributed by atoms with van der Waals surface area (Å²) in [6.45, 7) is 5.43. The Kier molecular flexibility index (Phi) is 9.31. The van der Waals surface area contributed by atoms with E-state index in [1.54, 1.807) is 7.05 Å². The SMILES string of the molecule is CN=C(NCCC(=O)N1CCCC(C)C1)N(C)Cc1cccn1C.I.